The molecule has 8 rings (SSSR count). The average molecular weight is 705 g/mol. The van der Waals surface area contributed by atoms with Crippen molar-refractivity contribution in [3.63, 3.8) is 0 Å². The highest BCUT2D eigenvalue weighted by Gasteiger charge is 2.69. The van der Waals surface area contributed by atoms with Crippen molar-refractivity contribution in [2.75, 3.05) is 19.8 Å². The molecule has 2 saturated heterocycles. The normalized spacial score (nSPS) is 25.0. The van der Waals surface area contributed by atoms with Crippen LogP contribution in [0, 0.1) is 0 Å². The molecule has 262 valence electrons. The fourth-order valence-electron chi connectivity index (χ4n) is 7.43. The summed E-state index contributed by atoms with van der Waals surface area (Å²) >= 11 is 6.88. The van der Waals surface area contributed by atoms with Gasteiger partial charge in [-0.05, 0) is 58.0 Å². The van der Waals surface area contributed by atoms with Gasteiger partial charge < -0.3 is 33.5 Å². The number of fused-ring (bicyclic) bond motifs is 3. The Morgan fingerprint density at radius 1 is 0.686 bits per heavy atom. The van der Waals surface area contributed by atoms with Gasteiger partial charge in [0, 0.05) is 17.0 Å². The Morgan fingerprint density at radius 3 is 1.96 bits per heavy atom. The summed E-state index contributed by atoms with van der Waals surface area (Å²) in [6, 6.07) is 42.1. The molecule has 2 unspecified atom stereocenters. The van der Waals surface area contributed by atoms with Crippen molar-refractivity contribution >= 4 is 11.6 Å². The van der Waals surface area contributed by atoms with E-state index in [0.29, 0.717) is 24.7 Å². The average Bonchev–Trinajstić information content (AvgIpc) is 3.80. The number of aliphatic hydroxyl groups excluding tert-OH is 1. The molecule has 2 fully saturated rings. The summed E-state index contributed by atoms with van der Waals surface area (Å²) < 4.78 is 40.0. The van der Waals surface area contributed by atoms with Crippen molar-refractivity contribution in [1.82, 2.24) is 0 Å². The molecule has 5 aromatic carbocycles. The predicted molar refractivity (Wildman–Crippen MR) is 193 cm³/mol. The number of benzene rings is 5. The number of halogens is 1. The molecule has 5 aromatic rings. The monoisotopic (exact) mass is 704 g/mol. The standard InChI is InChI=1S/C43H41ClO7/c44-37-18-17-36(24-35(37)23-33-16-19-38-34(22-33)20-21-46-38)43-41(49-27-32-14-8-3-9-15-32)39(47-25-30-10-4-1-5-11-30)40(42(28-45,51-43)29-50-43)48-26-31-12-6-2-7-13-31/h1-19,22,24,39-41,45H,20-21,23,25-29H2/t39-,40-,41+,42?,43?/m0/s1. The quantitative estimate of drug-likeness (QED) is 0.136. The number of aliphatic hydroxyl groups is 1. The smallest absolute Gasteiger partial charge is 0.225 e. The van der Waals surface area contributed by atoms with Gasteiger partial charge in [-0.25, -0.2) is 0 Å². The van der Waals surface area contributed by atoms with Crippen LogP contribution >= 0.6 is 11.6 Å². The third kappa shape index (κ3) is 6.96. The molecule has 5 atom stereocenters. The van der Waals surface area contributed by atoms with E-state index in [-0.39, 0.29) is 26.4 Å². The van der Waals surface area contributed by atoms with Crippen molar-refractivity contribution in [1.29, 1.82) is 0 Å². The molecule has 51 heavy (non-hydrogen) atoms. The molecule has 0 radical (unpaired) electrons. The lowest BCUT2D eigenvalue weighted by molar-refractivity contribution is -0.353. The van der Waals surface area contributed by atoms with E-state index in [1.807, 2.05) is 115 Å². The van der Waals surface area contributed by atoms with Gasteiger partial charge in [-0.3, -0.25) is 0 Å². The van der Waals surface area contributed by atoms with E-state index < -0.39 is 29.7 Å². The molecule has 2 bridgehead atoms. The van der Waals surface area contributed by atoms with Gasteiger partial charge in [-0.2, -0.15) is 0 Å². The van der Waals surface area contributed by atoms with E-state index in [1.54, 1.807) is 0 Å². The lowest BCUT2D eigenvalue weighted by atomic mass is 9.83. The third-order valence-corrected chi connectivity index (χ3v) is 10.4. The van der Waals surface area contributed by atoms with Crippen LogP contribution in [0.1, 0.15) is 38.9 Å². The van der Waals surface area contributed by atoms with Crippen LogP contribution in [-0.4, -0.2) is 48.8 Å². The summed E-state index contributed by atoms with van der Waals surface area (Å²) in [6.45, 7) is 1.29. The highest BCUT2D eigenvalue weighted by molar-refractivity contribution is 6.31. The molecular weight excluding hydrogens is 664 g/mol. The Hall–Kier alpha value is -4.05. The fraction of sp³-hybridized carbons (Fsp3) is 0.302. The van der Waals surface area contributed by atoms with Gasteiger partial charge in [0.25, 0.3) is 0 Å². The van der Waals surface area contributed by atoms with Crippen LogP contribution in [0.2, 0.25) is 5.02 Å². The lowest BCUT2D eigenvalue weighted by Crippen LogP contribution is -2.67. The minimum atomic E-state index is -1.43. The van der Waals surface area contributed by atoms with Crippen LogP contribution in [0.5, 0.6) is 5.75 Å². The van der Waals surface area contributed by atoms with Gasteiger partial charge in [-0.15, -0.1) is 0 Å². The summed E-state index contributed by atoms with van der Waals surface area (Å²) in [4.78, 5) is 0. The second kappa shape index (κ2) is 14.9. The first-order valence-electron chi connectivity index (χ1n) is 17.5. The number of hydrogen-bond acceptors (Lipinski definition) is 7. The number of rotatable bonds is 13. The minimum absolute atomic E-state index is 0.0716. The maximum Gasteiger partial charge on any atom is 0.225 e. The number of hydrogen-bond donors (Lipinski definition) is 1. The molecule has 3 heterocycles. The molecule has 1 N–H and O–H groups in total. The Morgan fingerprint density at radius 2 is 1.31 bits per heavy atom. The van der Waals surface area contributed by atoms with E-state index in [2.05, 4.69) is 12.1 Å². The molecule has 0 spiro atoms. The molecule has 0 aliphatic carbocycles. The van der Waals surface area contributed by atoms with E-state index in [9.17, 15) is 5.11 Å². The third-order valence-electron chi connectivity index (χ3n) is 10.1. The second-order valence-corrected chi connectivity index (χ2v) is 13.9. The molecule has 8 heteroatoms. The summed E-state index contributed by atoms with van der Waals surface area (Å²) in [5, 5.41) is 11.8. The van der Waals surface area contributed by atoms with Crippen LogP contribution in [-0.2, 0) is 62.1 Å². The van der Waals surface area contributed by atoms with E-state index in [4.69, 9.17) is 40.0 Å². The zero-order chi connectivity index (χ0) is 34.7. The molecule has 3 aliphatic heterocycles. The first-order valence-corrected chi connectivity index (χ1v) is 17.9. The van der Waals surface area contributed by atoms with Crippen LogP contribution in [0.3, 0.4) is 0 Å². The molecule has 3 aliphatic rings. The molecular formula is C43H41ClO7. The largest absolute Gasteiger partial charge is 0.493 e. The Bertz CT molecular complexity index is 1920. The number of ether oxygens (including phenoxy) is 6. The van der Waals surface area contributed by atoms with Crippen LogP contribution in [0.25, 0.3) is 0 Å². The predicted octanol–water partition coefficient (Wildman–Crippen LogP) is 7.57. The van der Waals surface area contributed by atoms with Gasteiger partial charge in [0.1, 0.15) is 29.7 Å². The summed E-state index contributed by atoms with van der Waals surface area (Å²) in [6.07, 6.45) is -0.729. The van der Waals surface area contributed by atoms with Crippen LogP contribution < -0.4 is 4.74 Å². The topological polar surface area (TPSA) is 75.6 Å². The zero-order valence-electron chi connectivity index (χ0n) is 28.3. The summed E-state index contributed by atoms with van der Waals surface area (Å²) in [5.41, 5.74) is 5.74. The van der Waals surface area contributed by atoms with Crippen molar-refractivity contribution in [2.24, 2.45) is 0 Å². The zero-order valence-corrected chi connectivity index (χ0v) is 29.0. The highest BCUT2D eigenvalue weighted by atomic mass is 35.5. The fourth-order valence-corrected chi connectivity index (χ4v) is 7.61. The molecule has 0 amide bonds. The SMILES string of the molecule is OCC12COC(c3ccc(Cl)c(Cc4ccc5c(c4)CCO5)c3)(O1)[C@H](OCc1ccccc1)[C@@H](OCc1ccccc1)[C@@H]2OCc1ccccc1. The van der Waals surface area contributed by atoms with Crippen LogP contribution in [0.15, 0.2) is 127 Å². The maximum absolute atomic E-state index is 11.2. The van der Waals surface area contributed by atoms with Crippen molar-refractivity contribution < 1.29 is 33.5 Å². The van der Waals surface area contributed by atoms with Gasteiger partial charge >= 0.3 is 0 Å². The highest BCUT2D eigenvalue weighted by Crippen LogP contribution is 2.53. The summed E-state index contributed by atoms with van der Waals surface area (Å²) in [5.74, 6) is -0.492. The minimum Gasteiger partial charge on any atom is -0.493 e. The summed E-state index contributed by atoms with van der Waals surface area (Å²) in [7, 11) is 0. The second-order valence-electron chi connectivity index (χ2n) is 13.5. The van der Waals surface area contributed by atoms with Gasteiger partial charge in [0.15, 0.2) is 0 Å². The molecule has 7 nitrogen and oxygen atoms in total. The van der Waals surface area contributed by atoms with Gasteiger partial charge in [0.2, 0.25) is 5.79 Å². The van der Waals surface area contributed by atoms with Crippen molar-refractivity contribution in [3.05, 3.63) is 171 Å². The van der Waals surface area contributed by atoms with Crippen molar-refractivity contribution in [3.8, 4) is 5.75 Å². The van der Waals surface area contributed by atoms with Crippen LogP contribution in [0.4, 0.5) is 0 Å². The molecule has 0 aromatic heterocycles. The Balaban J connectivity index is 1.19. The Labute approximate surface area is 303 Å². The van der Waals surface area contributed by atoms with E-state index in [1.165, 1.54) is 5.56 Å². The molecule has 0 saturated carbocycles. The maximum atomic E-state index is 11.2. The first kappa shape index (κ1) is 34.1. The van der Waals surface area contributed by atoms with Crippen molar-refractivity contribution in [2.45, 2.75) is 62.4 Å². The van der Waals surface area contributed by atoms with Gasteiger partial charge in [0.05, 0.1) is 39.6 Å². The van der Waals surface area contributed by atoms with E-state index in [0.717, 1.165) is 45.6 Å². The van der Waals surface area contributed by atoms with E-state index >= 15 is 0 Å². The first-order chi connectivity index (χ1) is 25.0. The Kier molecular flexibility index (Phi) is 9.95. The lowest BCUT2D eigenvalue weighted by Gasteiger charge is -2.50. The van der Waals surface area contributed by atoms with Gasteiger partial charge in [-0.1, -0.05) is 121 Å².